The number of fused-ring (bicyclic) bond motifs is 1. The van der Waals surface area contributed by atoms with E-state index in [0.29, 0.717) is 6.04 Å². The molecule has 1 aromatic rings. The van der Waals surface area contributed by atoms with Gasteiger partial charge in [-0.2, -0.15) is 16.9 Å². The molecule has 1 atom stereocenters. The van der Waals surface area contributed by atoms with Gasteiger partial charge in [0.15, 0.2) is 0 Å². The predicted molar refractivity (Wildman–Crippen MR) is 71.5 cm³/mol. The molecule has 0 amide bonds. The van der Waals surface area contributed by atoms with Gasteiger partial charge in [0.2, 0.25) is 0 Å². The van der Waals surface area contributed by atoms with Crippen LogP contribution in [0.4, 0.5) is 11.5 Å². The van der Waals surface area contributed by atoms with Gasteiger partial charge >= 0.3 is 0 Å². The van der Waals surface area contributed by atoms with Crippen molar-refractivity contribution in [3.05, 3.63) is 5.69 Å². The van der Waals surface area contributed by atoms with Crippen LogP contribution in [0.3, 0.4) is 0 Å². The third-order valence-electron chi connectivity index (χ3n) is 2.96. The number of aromatic nitrogens is 2. The molecule has 0 spiro atoms. The summed E-state index contributed by atoms with van der Waals surface area (Å²) in [5.41, 5.74) is 2.27. The van der Waals surface area contributed by atoms with Gasteiger partial charge in [0.25, 0.3) is 0 Å². The van der Waals surface area contributed by atoms with Crippen LogP contribution in [0.1, 0.15) is 19.0 Å². The van der Waals surface area contributed by atoms with Crippen LogP contribution in [0.2, 0.25) is 0 Å². The lowest BCUT2D eigenvalue weighted by molar-refractivity contribution is 0.637. The van der Waals surface area contributed by atoms with E-state index in [0.717, 1.165) is 24.6 Å². The van der Waals surface area contributed by atoms with Crippen molar-refractivity contribution in [2.24, 2.45) is 0 Å². The second-order valence-corrected chi connectivity index (χ2v) is 5.11. The molecule has 1 aliphatic heterocycles. The van der Waals surface area contributed by atoms with Gasteiger partial charge in [-0.3, -0.25) is 0 Å². The summed E-state index contributed by atoms with van der Waals surface area (Å²) < 4.78 is 2.04. The maximum atomic E-state index is 4.51. The van der Waals surface area contributed by atoms with E-state index in [1.54, 1.807) is 0 Å². The van der Waals surface area contributed by atoms with Crippen LogP contribution in [0, 0.1) is 6.92 Å². The minimum atomic E-state index is 0.529. The lowest BCUT2D eigenvalue weighted by Crippen LogP contribution is -2.34. The second kappa shape index (κ2) is 4.99. The highest BCUT2D eigenvalue weighted by molar-refractivity contribution is 7.98. The molecular formula is C11H20N4S. The summed E-state index contributed by atoms with van der Waals surface area (Å²) in [5, 5.41) is 11.6. The molecule has 0 radical (unpaired) electrons. The maximum absolute atomic E-state index is 4.51. The van der Waals surface area contributed by atoms with E-state index in [1.807, 2.05) is 16.4 Å². The number of rotatable bonds is 4. The first-order valence-corrected chi connectivity index (χ1v) is 7.22. The normalized spacial score (nSPS) is 18.8. The fraction of sp³-hybridized carbons (Fsp3) is 0.727. The van der Waals surface area contributed by atoms with Gasteiger partial charge in [0.05, 0.1) is 5.69 Å². The van der Waals surface area contributed by atoms with E-state index in [9.17, 15) is 0 Å². The Bertz CT molecular complexity index is 361. The SMILES string of the molecule is CCn1nc(C)c2c1NC(CCSC)CN2. The zero-order chi connectivity index (χ0) is 11.5. The smallest absolute Gasteiger partial charge is 0.148 e. The highest BCUT2D eigenvalue weighted by atomic mass is 32.2. The van der Waals surface area contributed by atoms with Crippen molar-refractivity contribution in [2.45, 2.75) is 32.9 Å². The van der Waals surface area contributed by atoms with E-state index >= 15 is 0 Å². The Morgan fingerprint density at radius 1 is 1.56 bits per heavy atom. The highest BCUT2D eigenvalue weighted by Crippen LogP contribution is 2.30. The number of nitrogens with one attached hydrogen (secondary N) is 2. The Labute approximate surface area is 101 Å². The van der Waals surface area contributed by atoms with Crippen LogP contribution in [0.15, 0.2) is 0 Å². The van der Waals surface area contributed by atoms with E-state index in [2.05, 4.69) is 35.8 Å². The van der Waals surface area contributed by atoms with E-state index in [1.165, 1.54) is 17.9 Å². The molecule has 4 nitrogen and oxygen atoms in total. The molecule has 2 heterocycles. The first-order chi connectivity index (χ1) is 7.76. The molecule has 1 aromatic heterocycles. The molecule has 0 bridgehead atoms. The standard InChI is InChI=1S/C11H20N4S/c1-4-15-11-10(8(2)14-15)12-7-9(13-11)5-6-16-3/h9,12-13H,4-7H2,1-3H3. The van der Waals surface area contributed by atoms with Gasteiger partial charge in [-0.15, -0.1) is 0 Å². The lowest BCUT2D eigenvalue weighted by atomic mass is 10.1. The third-order valence-corrected chi connectivity index (χ3v) is 3.61. The van der Waals surface area contributed by atoms with E-state index < -0.39 is 0 Å². The van der Waals surface area contributed by atoms with Crippen LogP contribution in [0.5, 0.6) is 0 Å². The zero-order valence-corrected chi connectivity index (χ0v) is 11.0. The van der Waals surface area contributed by atoms with Crippen molar-refractivity contribution in [2.75, 3.05) is 29.2 Å². The first-order valence-electron chi connectivity index (χ1n) is 5.83. The number of hydrogen-bond acceptors (Lipinski definition) is 4. The van der Waals surface area contributed by atoms with Crippen molar-refractivity contribution < 1.29 is 0 Å². The number of aryl methyl sites for hydroxylation is 2. The number of hydrogen-bond donors (Lipinski definition) is 2. The molecule has 2 N–H and O–H groups in total. The summed E-state index contributed by atoms with van der Waals surface area (Å²) in [6.45, 7) is 6.10. The fourth-order valence-electron chi connectivity index (χ4n) is 2.07. The fourth-order valence-corrected chi connectivity index (χ4v) is 2.59. The minimum absolute atomic E-state index is 0.529. The van der Waals surface area contributed by atoms with E-state index in [4.69, 9.17) is 0 Å². The van der Waals surface area contributed by atoms with Gasteiger partial charge in [-0.1, -0.05) is 0 Å². The summed E-state index contributed by atoms with van der Waals surface area (Å²) in [6.07, 6.45) is 3.35. The Morgan fingerprint density at radius 3 is 3.06 bits per heavy atom. The molecule has 2 rings (SSSR count). The molecule has 90 valence electrons. The summed E-state index contributed by atoms with van der Waals surface area (Å²) in [5.74, 6) is 2.37. The molecule has 0 aromatic carbocycles. The summed E-state index contributed by atoms with van der Waals surface area (Å²) >= 11 is 1.90. The van der Waals surface area contributed by atoms with Crippen molar-refractivity contribution >= 4 is 23.3 Å². The monoisotopic (exact) mass is 240 g/mol. The number of thioether (sulfide) groups is 1. The van der Waals surface area contributed by atoms with Crippen molar-refractivity contribution in [1.82, 2.24) is 9.78 Å². The van der Waals surface area contributed by atoms with Crippen molar-refractivity contribution in [1.29, 1.82) is 0 Å². The molecule has 0 saturated carbocycles. The van der Waals surface area contributed by atoms with Gasteiger partial charge in [0, 0.05) is 19.1 Å². The van der Waals surface area contributed by atoms with Crippen molar-refractivity contribution in [3.63, 3.8) is 0 Å². The molecule has 1 unspecified atom stereocenters. The third kappa shape index (κ3) is 2.14. The summed E-state index contributed by atoms with van der Waals surface area (Å²) in [6, 6.07) is 0.529. The first kappa shape index (κ1) is 11.6. The number of anilines is 2. The minimum Gasteiger partial charge on any atom is -0.378 e. The summed E-state index contributed by atoms with van der Waals surface area (Å²) in [4.78, 5) is 0. The van der Waals surface area contributed by atoms with Crippen molar-refractivity contribution in [3.8, 4) is 0 Å². The highest BCUT2D eigenvalue weighted by Gasteiger charge is 2.22. The topological polar surface area (TPSA) is 41.9 Å². The molecular weight excluding hydrogens is 220 g/mol. The van der Waals surface area contributed by atoms with Gasteiger partial charge in [-0.05, 0) is 32.3 Å². The van der Waals surface area contributed by atoms with Crippen LogP contribution in [-0.2, 0) is 6.54 Å². The maximum Gasteiger partial charge on any atom is 0.148 e. The summed E-state index contributed by atoms with van der Waals surface area (Å²) in [7, 11) is 0. The Balaban J connectivity index is 2.12. The second-order valence-electron chi connectivity index (χ2n) is 4.13. The van der Waals surface area contributed by atoms with E-state index in [-0.39, 0.29) is 0 Å². The Morgan fingerprint density at radius 2 is 2.38 bits per heavy atom. The van der Waals surface area contributed by atoms with Gasteiger partial charge < -0.3 is 10.6 Å². The van der Waals surface area contributed by atoms with Crippen LogP contribution in [-0.4, -0.2) is 34.4 Å². The molecule has 0 aliphatic carbocycles. The Kier molecular flexibility index (Phi) is 3.63. The average molecular weight is 240 g/mol. The molecule has 16 heavy (non-hydrogen) atoms. The molecule has 0 saturated heterocycles. The van der Waals surface area contributed by atoms with Gasteiger partial charge in [-0.25, -0.2) is 4.68 Å². The predicted octanol–water partition coefficient (Wildman–Crippen LogP) is 2.17. The molecule has 5 heteroatoms. The largest absolute Gasteiger partial charge is 0.378 e. The number of nitrogens with zero attached hydrogens (tertiary/aromatic N) is 2. The zero-order valence-electron chi connectivity index (χ0n) is 10.2. The average Bonchev–Trinajstić information content (AvgIpc) is 2.63. The van der Waals surface area contributed by atoms with Gasteiger partial charge in [0.1, 0.15) is 11.5 Å². The van der Waals surface area contributed by atoms with Crippen LogP contribution >= 0.6 is 11.8 Å². The van der Waals surface area contributed by atoms with Crippen LogP contribution < -0.4 is 10.6 Å². The lowest BCUT2D eigenvalue weighted by Gasteiger charge is -2.27. The molecule has 0 fully saturated rings. The van der Waals surface area contributed by atoms with Crippen LogP contribution in [0.25, 0.3) is 0 Å². The quantitative estimate of drug-likeness (QED) is 0.846. The Hall–Kier alpha value is -0.840. The molecule has 1 aliphatic rings.